The van der Waals surface area contributed by atoms with Gasteiger partial charge in [-0.05, 0) is 65.7 Å². The molecule has 1 aliphatic heterocycles. The summed E-state index contributed by atoms with van der Waals surface area (Å²) >= 11 is 3.53. The van der Waals surface area contributed by atoms with E-state index in [9.17, 15) is 0 Å². The highest BCUT2D eigenvalue weighted by Crippen LogP contribution is 2.25. The molecule has 140 valence electrons. The van der Waals surface area contributed by atoms with Gasteiger partial charge in [0.1, 0.15) is 5.75 Å². The van der Waals surface area contributed by atoms with Crippen LogP contribution in [-0.2, 0) is 11.3 Å². The Morgan fingerprint density at radius 3 is 2.80 bits per heavy atom. The van der Waals surface area contributed by atoms with Crippen molar-refractivity contribution >= 4 is 21.9 Å². The summed E-state index contributed by atoms with van der Waals surface area (Å²) in [4.78, 5) is 7.02. The summed E-state index contributed by atoms with van der Waals surface area (Å²) < 4.78 is 11.7. The topological polar surface area (TPSA) is 46.1 Å². The van der Waals surface area contributed by atoms with E-state index in [1.807, 2.05) is 6.07 Å². The number of hydrogen-bond donors (Lipinski definition) is 1. The molecule has 6 heteroatoms. The lowest BCUT2D eigenvalue weighted by molar-refractivity contribution is 0.0625. The molecule has 0 aromatic heterocycles. The lowest BCUT2D eigenvalue weighted by atomic mass is 9.96. The Morgan fingerprint density at radius 1 is 1.40 bits per heavy atom. The first-order chi connectivity index (χ1) is 12.1. The minimum Gasteiger partial charge on any atom is -0.496 e. The third-order valence-corrected chi connectivity index (χ3v) is 5.16. The van der Waals surface area contributed by atoms with Gasteiger partial charge in [0, 0.05) is 33.4 Å². The number of nitrogens with zero attached hydrogens (tertiary/aromatic N) is 2. The summed E-state index contributed by atoms with van der Waals surface area (Å²) in [5, 5.41) is 3.39. The normalized spacial score (nSPS) is 15.9. The summed E-state index contributed by atoms with van der Waals surface area (Å²) in [6.45, 7) is 6.46. The Balaban J connectivity index is 1.92. The average molecular weight is 412 g/mol. The zero-order valence-electron chi connectivity index (χ0n) is 15.6. The third kappa shape index (κ3) is 6.51. The number of rotatable bonds is 7. The molecule has 0 aliphatic carbocycles. The maximum atomic E-state index is 5.44. The summed E-state index contributed by atoms with van der Waals surface area (Å²) in [7, 11) is 3.79. The van der Waals surface area contributed by atoms with Gasteiger partial charge in [-0.25, -0.2) is 4.99 Å². The number of guanidine groups is 1. The van der Waals surface area contributed by atoms with Crippen LogP contribution in [0.1, 0.15) is 31.7 Å². The fraction of sp³-hybridized carbons (Fsp3) is 0.632. The zero-order valence-corrected chi connectivity index (χ0v) is 17.1. The van der Waals surface area contributed by atoms with Crippen LogP contribution in [0.2, 0.25) is 0 Å². The van der Waals surface area contributed by atoms with Crippen molar-refractivity contribution in [2.75, 3.05) is 40.5 Å². The van der Waals surface area contributed by atoms with Gasteiger partial charge in [-0.15, -0.1) is 0 Å². The number of nitrogens with one attached hydrogen (secondary N) is 1. The second kappa shape index (κ2) is 10.7. The number of aliphatic imine (C=N–C) groups is 1. The molecule has 1 aliphatic rings. The highest BCUT2D eigenvalue weighted by Gasteiger charge is 2.15. The molecular weight excluding hydrogens is 382 g/mol. The van der Waals surface area contributed by atoms with Crippen molar-refractivity contribution in [1.82, 2.24) is 10.2 Å². The zero-order chi connectivity index (χ0) is 18.1. The molecule has 0 spiro atoms. The van der Waals surface area contributed by atoms with Crippen molar-refractivity contribution in [3.8, 4) is 5.75 Å². The van der Waals surface area contributed by atoms with Crippen LogP contribution in [0.25, 0.3) is 0 Å². The summed E-state index contributed by atoms with van der Waals surface area (Å²) in [6.07, 6.45) is 3.56. The van der Waals surface area contributed by atoms with E-state index in [1.54, 1.807) is 7.11 Å². The molecule has 1 saturated heterocycles. The molecule has 1 aromatic rings. The molecule has 0 unspecified atom stereocenters. The van der Waals surface area contributed by atoms with E-state index < -0.39 is 0 Å². The average Bonchev–Trinajstić information content (AvgIpc) is 2.64. The van der Waals surface area contributed by atoms with Gasteiger partial charge >= 0.3 is 0 Å². The largest absolute Gasteiger partial charge is 0.496 e. The van der Waals surface area contributed by atoms with Crippen molar-refractivity contribution in [1.29, 1.82) is 0 Å². The molecule has 0 amide bonds. The molecule has 0 radical (unpaired) electrons. The lowest BCUT2D eigenvalue weighted by Gasteiger charge is -2.26. The van der Waals surface area contributed by atoms with E-state index >= 15 is 0 Å². The predicted octanol–water partition coefficient (Wildman–Crippen LogP) is 3.67. The molecule has 1 fully saturated rings. The third-order valence-electron chi connectivity index (χ3n) is 4.54. The quantitative estimate of drug-likeness (QED) is 0.549. The monoisotopic (exact) mass is 411 g/mol. The van der Waals surface area contributed by atoms with E-state index in [0.29, 0.717) is 6.54 Å². The Hall–Kier alpha value is -1.27. The number of halogens is 1. The van der Waals surface area contributed by atoms with Crippen LogP contribution in [0.15, 0.2) is 27.7 Å². The Labute approximate surface area is 159 Å². The summed E-state index contributed by atoms with van der Waals surface area (Å²) in [6, 6.07) is 6.09. The summed E-state index contributed by atoms with van der Waals surface area (Å²) in [5.74, 6) is 2.58. The van der Waals surface area contributed by atoms with E-state index in [2.05, 4.69) is 52.3 Å². The predicted molar refractivity (Wildman–Crippen MR) is 106 cm³/mol. The first-order valence-corrected chi connectivity index (χ1v) is 9.83. The van der Waals surface area contributed by atoms with Crippen LogP contribution in [0, 0.1) is 5.92 Å². The lowest BCUT2D eigenvalue weighted by Crippen LogP contribution is -2.40. The van der Waals surface area contributed by atoms with Crippen molar-refractivity contribution in [2.24, 2.45) is 10.9 Å². The fourth-order valence-electron chi connectivity index (χ4n) is 2.96. The number of benzene rings is 1. The van der Waals surface area contributed by atoms with Crippen LogP contribution in [0.3, 0.4) is 0 Å². The highest BCUT2D eigenvalue weighted by atomic mass is 79.9. The number of ether oxygens (including phenoxy) is 2. The van der Waals surface area contributed by atoms with Crippen LogP contribution >= 0.6 is 15.9 Å². The molecule has 1 N–H and O–H groups in total. The molecule has 1 aromatic carbocycles. The van der Waals surface area contributed by atoms with Crippen molar-refractivity contribution < 1.29 is 9.47 Å². The van der Waals surface area contributed by atoms with Crippen molar-refractivity contribution in [3.63, 3.8) is 0 Å². The van der Waals surface area contributed by atoms with E-state index in [1.165, 1.54) is 19.3 Å². The molecule has 25 heavy (non-hydrogen) atoms. The van der Waals surface area contributed by atoms with Gasteiger partial charge in [0.05, 0.1) is 18.1 Å². The molecule has 0 saturated carbocycles. The van der Waals surface area contributed by atoms with Gasteiger partial charge in [-0.3, -0.25) is 0 Å². The van der Waals surface area contributed by atoms with E-state index in [4.69, 9.17) is 14.5 Å². The minimum atomic E-state index is 0.645. The van der Waals surface area contributed by atoms with E-state index in [-0.39, 0.29) is 0 Å². The van der Waals surface area contributed by atoms with Crippen LogP contribution in [-0.4, -0.2) is 51.3 Å². The number of hydrogen-bond acceptors (Lipinski definition) is 3. The Morgan fingerprint density at radius 2 is 2.16 bits per heavy atom. The van der Waals surface area contributed by atoms with E-state index in [0.717, 1.165) is 54.0 Å². The fourth-order valence-corrected chi connectivity index (χ4v) is 3.55. The second-order valence-corrected chi connectivity index (χ2v) is 7.26. The van der Waals surface area contributed by atoms with Crippen LogP contribution < -0.4 is 10.1 Å². The van der Waals surface area contributed by atoms with Crippen molar-refractivity contribution in [3.05, 3.63) is 28.2 Å². The second-order valence-electron chi connectivity index (χ2n) is 6.41. The Bertz CT molecular complexity index is 560. The highest BCUT2D eigenvalue weighted by molar-refractivity contribution is 9.10. The van der Waals surface area contributed by atoms with Gasteiger partial charge in [0.15, 0.2) is 5.96 Å². The van der Waals surface area contributed by atoms with Crippen LogP contribution in [0.4, 0.5) is 0 Å². The van der Waals surface area contributed by atoms with Gasteiger partial charge in [-0.2, -0.15) is 0 Å². The first-order valence-electron chi connectivity index (χ1n) is 9.03. The maximum Gasteiger partial charge on any atom is 0.193 e. The van der Waals surface area contributed by atoms with Gasteiger partial charge < -0.3 is 19.7 Å². The Kier molecular flexibility index (Phi) is 8.55. The number of methoxy groups -OCH3 is 1. The molecule has 2 rings (SSSR count). The van der Waals surface area contributed by atoms with Crippen molar-refractivity contribution in [2.45, 2.75) is 32.7 Å². The van der Waals surface area contributed by atoms with Crippen LogP contribution in [0.5, 0.6) is 5.75 Å². The first kappa shape index (κ1) is 20.0. The molecule has 0 bridgehead atoms. The molecule has 1 heterocycles. The van der Waals surface area contributed by atoms with Gasteiger partial charge in [0.25, 0.3) is 0 Å². The standard InChI is InChI=1S/C19H30BrN3O2/c1-4-21-19(23(2)10-7-15-8-11-25-12-9-15)22-14-16-5-6-18(24-3)17(20)13-16/h5-6,13,15H,4,7-12,14H2,1-3H3,(H,21,22). The summed E-state index contributed by atoms with van der Waals surface area (Å²) in [5.41, 5.74) is 1.15. The molecule has 5 nitrogen and oxygen atoms in total. The molecular formula is C19H30BrN3O2. The SMILES string of the molecule is CCNC(=NCc1ccc(OC)c(Br)c1)N(C)CCC1CCOCC1. The van der Waals surface area contributed by atoms with Gasteiger partial charge in [-0.1, -0.05) is 6.07 Å². The minimum absolute atomic E-state index is 0.645. The molecule has 0 atom stereocenters. The smallest absolute Gasteiger partial charge is 0.193 e. The maximum absolute atomic E-state index is 5.44. The van der Waals surface area contributed by atoms with Gasteiger partial charge in [0.2, 0.25) is 0 Å².